The molecule has 1 aromatic rings. The zero-order valence-corrected chi connectivity index (χ0v) is 8.41. The topological polar surface area (TPSA) is 39.2 Å². The van der Waals surface area contributed by atoms with Gasteiger partial charge in [0.25, 0.3) is 0 Å². The summed E-state index contributed by atoms with van der Waals surface area (Å²) >= 11 is 12.4. The molecule has 0 aromatic carbocycles. The van der Waals surface area contributed by atoms with E-state index in [0.29, 0.717) is 9.34 Å². The van der Waals surface area contributed by atoms with Crippen molar-refractivity contribution in [1.82, 2.24) is 4.98 Å². The highest BCUT2D eigenvalue weighted by Gasteiger charge is 2.21. The van der Waals surface area contributed by atoms with Gasteiger partial charge in [0.2, 0.25) is 0 Å². The van der Waals surface area contributed by atoms with Crippen LogP contribution in [0.25, 0.3) is 0 Å². The third kappa shape index (κ3) is 2.09. The van der Waals surface area contributed by atoms with E-state index in [4.69, 9.17) is 23.2 Å². The number of alkyl halides is 1. The van der Waals surface area contributed by atoms with Crippen molar-refractivity contribution in [3.63, 3.8) is 0 Å². The lowest BCUT2D eigenvalue weighted by molar-refractivity contribution is -0.140. The molecule has 0 aliphatic carbocycles. The fourth-order valence-corrected chi connectivity index (χ4v) is 1.76. The Hall–Kier alpha value is -0.320. The molecule has 0 bridgehead atoms. The standard InChI is InChI=1S/C6H5Cl2NO2S/c1-11-6(10)4(8)5-9-2-3(7)12-5/h2,4H,1H3. The van der Waals surface area contributed by atoms with E-state index in [2.05, 4.69) is 9.72 Å². The van der Waals surface area contributed by atoms with Gasteiger partial charge in [-0.1, -0.05) is 11.6 Å². The summed E-state index contributed by atoms with van der Waals surface area (Å²) in [5, 5.41) is -0.402. The molecule has 3 nitrogen and oxygen atoms in total. The first kappa shape index (κ1) is 9.77. The minimum atomic E-state index is -0.854. The van der Waals surface area contributed by atoms with E-state index in [1.54, 1.807) is 0 Å². The van der Waals surface area contributed by atoms with E-state index in [1.807, 2.05) is 0 Å². The number of halogens is 2. The number of hydrogen-bond acceptors (Lipinski definition) is 4. The summed E-state index contributed by atoms with van der Waals surface area (Å²) in [6, 6.07) is 0. The van der Waals surface area contributed by atoms with Gasteiger partial charge in [-0.15, -0.1) is 22.9 Å². The summed E-state index contributed by atoms with van der Waals surface area (Å²) in [5.41, 5.74) is 0. The largest absolute Gasteiger partial charge is 0.468 e. The molecule has 0 N–H and O–H groups in total. The molecule has 0 saturated carbocycles. The molecule has 0 aliphatic heterocycles. The number of ether oxygens (including phenoxy) is 1. The molecule has 66 valence electrons. The first-order valence-electron chi connectivity index (χ1n) is 2.98. The maximum atomic E-state index is 10.9. The van der Waals surface area contributed by atoms with Gasteiger partial charge >= 0.3 is 5.97 Å². The Labute approximate surface area is 83.3 Å². The molecular weight excluding hydrogens is 221 g/mol. The first-order chi connectivity index (χ1) is 5.65. The molecule has 1 aromatic heterocycles. The molecule has 0 radical (unpaired) electrons. The molecule has 0 aliphatic rings. The molecule has 0 amide bonds. The summed E-state index contributed by atoms with van der Waals surface area (Å²) in [5.74, 6) is -0.525. The maximum Gasteiger partial charge on any atom is 0.330 e. The number of rotatable bonds is 2. The van der Waals surface area contributed by atoms with Gasteiger partial charge in [-0.05, 0) is 0 Å². The second kappa shape index (κ2) is 4.07. The minimum absolute atomic E-state index is 0.452. The van der Waals surface area contributed by atoms with Gasteiger partial charge in [0.1, 0.15) is 9.34 Å². The monoisotopic (exact) mass is 225 g/mol. The zero-order chi connectivity index (χ0) is 9.14. The van der Waals surface area contributed by atoms with Crippen molar-refractivity contribution >= 4 is 40.5 Å². The predicted molar refractivity (Wildman–Crippen MR) is 47.7 cm³/mol. The van der Waals surface area contributed by atoms with E-state index < -0.39 is 11.3 Å². The van der Waals surface area contributed by atoms with Gasteiger partial charge in [-0.25, -0.2) is 4.98 Å². The Morgan fingerprint density at radius 3 is 2.92 bits per heavy atom. The molecule has 0 saturated heterocycles. The fourth-order valence-electron chi connectivity index (χ4n) is 0.588. The van der Waals surface area contributed by atoms with E-state index in [-0.39, 0.29) is 0 Å². The van der Waals surface area contributed by atoms with Gasteiger partial charge < -0.3 is 4.74 Å². The lowest BCUT2D eigenvalue weighted by Gasteiger charge is -2.01. The highest BCUT2D eigenvalue weighted by Crippen LogP contribution is 2.28. The number of hydrogen-bond donors (Lipinski definition) is 0. The van der Waals surface area contributed by atoms with E-state index >= 15 is 0 Å². The lowest BCUT2D eigenvalue weighted by Crippen LogP contribution is -2.07. The summed E-state index contributed by atoms with van der Waals surface area (Å²) in [6.45, 7) is 0. The summed E-state index contributed by atoms with van der Waals surface area (Å²) in [7, 11) is 1.27. The van der Waals surface area contributed by atoms with Crippen LogP contribution in [0.1, 0.15) is 10.4 Å². The smallest absolute Gasteiger partial charge is 0.330 e. The van der Waals surface area contributed by atoms with Crippen LogP contribution in [0.5, 0.6) is 0 Å². The molecule has 6 heteroatoms. The number of aromatic nitrogens is 1. The Morgan fingerprint density at radius 1 is 1.83 bits per heavy atom. The van der Waals surface area contributed by atoms with Crippen molar-refractivity contribution in [3.05, 3.63) is 15.5 Å². The number of methoxy groups -OCH3 is 1. The third-order valence-electron chi connectivity index (χ3n) is 1.12. The number of nitrogens with zero attached hydrogens (tertiary/aromatic N) is 1. The van der Waals surface area contributed by atoms with Gasteiger partial charge in [0.15, 0.2) is 5.38 Å². The van der Waals surface area contributed by atoms with E-state index in [1.165, 1.54) is 13.3 Å². The molecule has 1 rings (SSSR count). The Balaban J connectivity index is 2.77. The van der Waals surface area contributed by atoms with Crippen LogP contribution >= 0.6 is 34.5 Å². The average molecular weight is 226 g/mol. The molecule has 1 unspecified atom stereocenters. The van der Waals surface area contributed by atoms with Crippen LogP contribution in [0.15, 0.2) is 6.20 Å². The second-order valence-electron chi connectivity index (χ2n) is 1.89. The Bertz CT molecular complexity index is 289. The number of thiazole rings is 1. The molecule has 0 spiro atoms. The normalized spacial score (nSPS) is 12.6. The first-order valence-corrected chi connectivity index (χ1v) is 4.61. The van der Waals surface area contributed by atoms with Crippen molar-refractivity contribution in [3.8, 4) is 0 Å². The van der Waals surface area contributed by atoms with E-state index in [9.17, 15) is 4.79 Å². The Kier molecular flexibility index (Phi) is 3.31. The third-order valence-corrected chi connectivity index (χ3v) is 2.81. The van der Waals surface area contributed by atoms with Crippen LogP contribution < -0.4 is 0 Å². The SMILES string of the molecule is COC(=O)C(Cl)c1ncc(Cl)s1. The van der Waals surface area contributed by atoms with Crippen molar-refractivity contribution < 1.29 is 9.53 Å². The fraction of sp³-hybridized carbons (Fsp3) is 0.333. The van der Waals surface area contributed by atoms with Crippen LogP contribution in [0.4, 0.5) is 0 Å². The van der Waals surface area contributed by atoms with Crippen LogP contribution in [0.3, 0.4) is 0 Å². The van der Waals surface area contributed by atoms with Crippen molar-refractivity contribution in [2.24, 2.45) is 0 Å². The van der Waals surface area contributed by atoms with Crippen LogP contribution in [-0.2, 0) is 9.53 Å². The number of carbonyl (C=O) groups excluding carboxylic acids is 1. The maximum absolute atomic E-state index is 10.9. The summed E-state index contributed by atoms with van der Waals surface area (Å²) < 4.78 is 4.93. The minimum Gasteiger partial charge on any atom is -0.468 e. The highest BCUT2D eigenvalue weighted by atomic mass is 35.5. The number of carbonyl (C=O) groups is 1. The van der Waals surface area contributed by atoms with Crippen LogP contribution in [0.2, 0.25) is 4.34 Å². The zero-order valence-electron chi connectivity index (χ0n) is 6.08. The van der Waals surface area contributed by atoms with E-state index in [0.717, 1.165) is 11.3 Å². The lowest BCUT2D eigenvalue weighted by atomic mass is 10.4. The van der Waals surface area contributed by atoms with Crippen LogP contribution in [-0.4, -0.2) is 18.1 Å². The number of esters is 1. The van der Waals surface area contributed by atoms with Crippen LogP contribution in [0, 0.1) is 0 Å². The predicted octanol–water partition coefficient (Wildman–Crippen LogP) is 2.25. The van der Waals surface area contributed by atoms with Crippen molar-refractivity contribution in [2.45, 2.75) is 5.38 Å². The highest BCUT2D eigenvalue weighted by molar-refractivity contribution is 7.16. The molecule has 1 heterocycles. The molecular formula is C6H5Cl2NO2S. The van der Waals surface area contributed by atoms with Gasteiger partial charge in [-0.2, -0.15) is 0 Å². The average Bonchev–Trinajstić information content (AvgIpc) is 2.49. The quantitative estimate of drug-likeness (QED) is 0.573. The molecule has 0 fully saturated rings. The summed E-state index contributed by atoms with van der Waals surface area (Å²) in [4.78, 5) is 14.7. The molecule has 1 atom stereocenters. The van der Waals surface area contributed by atoms with Gasteiger partial charge in [0.05, 0.1) is 13.3 Å². The van der Waals surface area contributed by atoms with Crippen molar-refractivity contribution in [2.75, 3.05) is 7.11 Å². The summed E-state index contributed by atoms with van der Waals surface area (Å²) in [6.07, 6.45) is 1.44. The van der Waals surface area contributed by atoms with Gasteiger partial charge in [-0.3, -0.25) is 4.79 Å². The molecule has 12 heavy (non-hydrogen) atoms. The van der Waals surface area contributed by atoms with Crippen molar-refractivity contribution in [1.29, 1.82) is 0 Å². The Morgan fingerprint density at radius 2 is 2.50 bits per heavy atom. The second-order valence-corrected chi connectivity index (χ2v) is 4.02. The van der Waals surface area contributed by atoms with Gasteiger partial charge in [0, 0.05) is 0 Å².